The molecule has 188 valence electrons. The standard InChI is InChI=1S/C29H29N5O2S/c1-33(2)16-17-36-32-27(21-8-4-3-5-9-21)22-10-6-12-24(18-22)31-28(35)25-13-15-34-26(25)20-37-29(34)23-11-7-14-30-19-23/h3-15,18-19,29H,16-17,20H2,1-2H3,(H,31,35). The fourth-order valence-corrected chi connectivity index (χ4v) is 5.53. The van der Waals surface area contributed by atoms with Gasteiger partial charge in [-0.05, 0) is 38.4 Å². The SMILES string of the molecule is CN(C)CCON=C(c1ccccc1)c1cccc(NC(=O)c2ccn3c2CSC3c2cccnc2)c1. The average molecular weight is 512 g/mol. The molecule has 3 heterocycles. The first kappa shape index (κ1) is 24.8. The Labute approximate surface area is 221 Å². The van der Waals surface area contributed by atoms with Crippen molar-refractivity contribution in [2.75, 3.05) is 32.6 Å². The van der Waals surface area contributed by atoms with Gasteiger partial charge in [0.15, 0.2) is 0 Å². The maximum absolute atomic E-state index is 13.3. The zero-order valence-corrected chi connectivity index (χ0v) is 21.7. The predicted molar refractivity (Wildman–Crippen MR) is 149 cm³/mol. The highest BCUT2D eigenvalue weighted by molar-refractivity contribution is 7.99. The topological polar surface area (TPSA) is 71.8 Å². The summed E-state index contributed by atoms with van der Waals surface area (Å²) in [5.74, 6) is 0.642. The maximum atomic E-state index is 13.3. The minimum atomic E-state index is -0.126. The van der Waals surface area contributed by atoms with Gasteiger partial charge in [-0.25, -0.2) is 0 Å². The Morgan fingerprint density at radius 1 is 1.11 bits per heavy atom. The van der Waals surface area contributed by atoms with Crippen LogP contribution in [0.1, 0.15) is 38.1 Å². The summed E-state index contributed by atoms with van der Waals surface area (Å²) < 4.78 is 2.16. The Morgan fingerprint density at radius 2 is 1.95 bits per heavy atom. The number of oxime groups is 1. The van der Waals surface area contributed by atoms with Crippen molar-refractivity contribution in [2.45, 2.75) is 11.1 Å². The zero-order valence-electron chi connectivity index (χ0n) is 20.9. The highest BCUT2D eigenvalue weighted by Crippen LogP contribution is 2.42. The van der Waals surface area contributed by atoms with Crippen LogP contribution in [-0.4, -0.2) is 53.3 Å². The quantitative estimate of drug-likeness (QED) is 0.189. The molecule has 8 heteroatoms. The second kappa shape index (κ2) is 11.5. The van der Waals surface area contributed by atoms with E-state index in [0.717, 1.165) is 40.4 Å². The number of fused-ring (bicyclic) bond motifs is 1. The van der Waals surface area contributed by atoms with Crippen LogP contribution in [0.25, 0.3) is 0 Å². The lowest BCUT2D eigenvalue weighted by molar-refractivity contribution is 0.102. The Balaban J connectivity index is 1.35. The second-order valence-corrected chi connectivity index (χ2v) is 10.1. The summed E-state index contributed by atoms with van der Waals surface area (Å²) in [7, 11) is 3.99. The van der Waals surface area contributed by atoms with Crippen molar-refractivity contribution < 1.29 is 9.63 Å². The van der Waals surface area contributed by atoms with E-state index in [2.05, 4.69) is 26.1 Å². The van der Waals surface area contributed by atoms with E-state index >= 15 is 0 Å². The number of hydrogen-bond donors (Lipinski definition) is 1. The van der Waals surface area contributed by atoms with Gasteiger partial charge >= 0.3 is 0 Å². The molecule has 1 N–H and O–H groups in total. The van der Waals surface area contributed by atoms with Crippen molar-refractivity contribution in [2.24, 2.45) is 5.16 Å². The van der Waals surface area contributed by atoms with Gasteiger partial charge in [0.25, 0.3) is 5.91 Å². The number of amides is 1. The van der Waals surface area contributed by atoms with E-state index in [1.165, 1.54) is 0 Å². The summed E-state index contributed by atoms with van der Waals surface area (Å²) in [6, 6.07) is 23.5. The van der Waals surface area contributed by atoms with Gasteiger partial charge in [0.2, 0.25) is 0 Å². The van der Waals surface area contributed by atoms with Gasteiger partial charge in [0.1, 0.15) is 17.7 Å². The van der Waals surface area contributed by atoms with Gasteiger partial charge in [-0.1, -0.05) is 53.7 Å². The number of pyridine rings is 1. The lowest BCUT2D eigenvalue weighted by Crippen LogP contribution is -2.17. The van der Waals surface area contributed by atoms with E-state index < -0.39 is 0 Å². The van der Waals surface area contributed by atoms with E-state index in [1.807, 2.05) is 98.1 Å². The fraction of sp³-hybridized carbons (Fsp3) is 0.207. The van der Waals surface area contributed by atoms with Crippen LogP contribution in [-0.2, 0) is 10.6 Å². The zero-order chi connectivity index (χ0) is 25.6. The molecule has 0 fully saturated rings. The van der Waals surface area contributed by atoms with Crippen molar-refractivity contribution in [3.63, 3.8) is 0 Å². The van der Waals surface area contributed by atoms with Crippen LogP contribution in [0, 0.1) is 0 Å². The number of aromatic nitrogens is 2. The average Bonchev–Trinajstić information content (AvgIpc) is 3.52. The summed E-state index contributed by atoms with van der Waals surface area (Å²) in [6.45, 7) is 1.25. The smallest absolute Gasteiger partial charge is 0.257 e. The molecule has 1 amide bonds. The third-order valence-electron chi connectivity index (χ3n) is 6.10. The normalized spacial score (nSPS) is 15.0. The lowest BCUT2D eigenvalue weighted by Gasteiger charge is -2.12. The van der Waals surface area contributed by atoms with Crippen LogP contribution < -0.4 is 5.32 Å². The third-order valence-corrected chi connectivity index (χ3v) is 7.35. The van der Waals surface area contributed by atoms with E-state index in [-0.39, 0.29) is 11.3 Å². The summed E-state index contributed by atoms with van der Waals surface area (Å²) in [5.41, 5.74) is 6.07. The number of rotatable bonds is 9. The monoisotopic (exact) mass is 511 g/mol. The number of anilines is 1. The van der Waals surface area contributed by atoms with Crippen molar-refractivity contribution in [3.05, 3.63) is 119 Å². The molecular weight excluding hydrogens is 482 g/mol. The molecule has 1 unspecified atom stereocenters. The molecule has 1 aliphatic heterocycles. The number of likely N-dealkylation sites (N-methyl/N-ethyl adjacent to an activating group) is 1. The molecule has 0 spiro atoms. The third kappa shape index (κ3) is 5.76. The molecule has 0 bridgehead atoms. The number of carbonyl (C=O) groups excluding carboxylic acids is 1. The molecule has 37 heavy (non-hydrogen) atoms. The largest absolute Gasteiger partial charge is 0.394 e. The first-order valence-corrected chi connectivity index (χ1v) is 13.2. The Hall–Kier alpha value is -3.88. The van der Waals surface area contributed by atoms with Gasteiger partial charge in [-0.15, -0.1) is 11.8 Å². The van der Waals surface area contributed by atoms with Gasteiger partial charge < -0.3 is 19.6 Å². The van der Waals surface area contributed by atoms with Gasteiger partial charge in [-0.2, -0.15) is 0 Å². The summed E-state index contributed by atoms with van der Waals surface area (Å²) in [5, 5.41) is 7.67. The lowest BCUT2D eigenvalue weighted by atomic mass is 10.0. The van der Waals surface area contributed by atoms with Gasteiger partial charge in [0.05, 0.1) is 5.56 Å². The van der Waals surface area contributed by atoms with Gasteiger partial charge in [-0.3, -0.25) is 9.78 Å². The van der Waals surface area contributed by atoms with E-state index in [9.17, 15) is 4.79 Å². The number of carbonyl (C=O) groups is 1. The molecule has 2 aromatic carbocycles. The highest BCUT2D eigenvalue weighted by atomic mass is 32.2. The first-order valence-electron chi connectivity index (χ1n) is 12.1. The fourth-order valence-electron chi connectivity index (χ4n) is 4.22. The molecule has 2 aromatic heterocycles. The number of thioether (sulfide) groups is 1. The number of nitrogens with one attached hydrogen (secondary N) is 1. The molecule has 4 aromatic rings. The molecular formula is C29H29N5O2S. The van der Waals surface area contributed by atoms with Crippen molar-refractivity contribution in [1.29, 1.82) is 0 Å². The number of nitrogens with zero attached hydrogens (tertiary/aromatic N) is 4. The van der Waals surface area contributed by atoms with Crippen molar-refractivity contribution >= 4 is 29.1 Å². The molecule has 0 radical (unpaired) electrons. The number of hydrogen-bond acceptors (Lipinski definition) is 6. The van der Waals surface area contributed by atoms with Crippen LogP contribution in [0.2, 0.25) is 0 Å². The highest BCUT2D eigenvalue weighted by Gasteiger charge is 2.28. The van der Waals surface area contributed by atoms with E-state index in [4.69, 9.17) is 4.84 Å². The first-order chi connectivity index (χ1) is 18.1. The van der Waals surface area contributed by atoms with Crippen molar-refractivity contribution in [1.82, 2.24) is 14.5 Å². The summed E-state index contributed by atoms with van der Waals surface area (Å²) in [6.07, 6.45) is 5.65. The van der Waals surface area contributed by atoms with Crippen LogP contribution >= 0.6 is 11.8 Å². The predicted octanol–water partition coefficient (Wildman–Crippen LogP) is 5.26. The molecule has 7 nitrogen and oxygen atoms in total. The molecule has 0 saturated heterocycles. The van der Waals surface area contributed by atoms with Crippen LogP contribution in [0.4, 0.5) is 5.69 Å². The summed E-state index contributed by atoms with van der Waals surface area (Å²) >= 11 is 1.79. The molecule has 5 rings (SSSR count). The Morgan fingerprint density at radius 3 is 2.73 bits per heavy atom. The molecule has 0 saturated carbocycles. The van der Waals surface area contributed by atoms with E-state index in [1.54, 1.807) is 18.0 Å². The van der Waals surface area contributed by atoms with E-state index in [0.29, 0.717) is 17.9 Å². The van der Waals surface area contributed by atoms with Crippen LogP contribution in [0.3, 0.4) is 0 Å². The Kier molecular flexibility index (Phi) is 7.67. The molecule has 0 aliphatic carbocycles. The minimum absolute atomic E-state index is 0.126. The maximum Gasteiger partial charge on any atom is 0.257 e. The van der Waals surface area contributed by atoms with Crippen LogP contribution in [0.15, 0.2) is 96.5 Å². The number of benzene rings is 2. The summed E-state index contributed by atoms with van der Waals surface area (Å²) in [4.78, 5) is 25.2. The Bertz CT molecular complexity index is 1390. The second-order valence-electron chi connectivity index (χ2n) is 9.01. The molecule has 1 aliphatic rings. The van der Waals surface area contributed by atoms with Crippen molar-refractivity contribution in [3.8, 4) is 0 Å². The minimum Gasteiger partial charge on any atom is -0.394 e. The van der Waals surface area contributed by atoms with Gasteiger partial charge in [0, 0.05) is 59.0 Å². The molecule has 1 atom stereocenters. The van der Waals surface area contributed by atoms with Crippen LogP contribution in [0.5, 0.6) is 0 Å².